The second-order valence-electron chi connectivity index (χ2n) is 4.36. The van der Waals surface area contributed by atoms with Gasteiger partial charge in [0.15, 0.2) is 0 Å². The first-order valence-electron chi connectivity index (χ1n) is 5.47. The summed E-state index contributed by atoms with van der Waals surface area (Å²) in [4.78, 5) is 0. The van der Waals surface area contributed by atoms with E-state index in [1.807, 2.05) is 0 Å². The lowest BCUT2D eigenvalue weighted by molar-refractivity contribution is -0.165. The van der Waals surface area contributed by atoms with Crippen LogP contribution in [0.1, 0.15) is 25.7 Å². The zero-order valence-electron chi connectivity index (χ0n) is 9.44. The molecule has 16 heavy (non-hydrogen) atoms. The van der Waals surface area contributed by atoms with Crippen molar-refractivity contribution in [2.75, 3.05) is 20.3 Å². The minimum atomic E-state index is -4.15. The molecule has 0 radical (unpaired) electrons. The topological polar surface area (TPSA) is 47.3 Å². The highest BCUT2D eigenvalue weighted by Gasteiger charge is 2.62. The monoisotopic (exact) mass is 240 g/mol. The number of methoxy groups -OCH3 is 1. The molecule has 1 aliphatic rings. The van der Waals surface area contributed by atoms with Gasteiger partial charge in [-0.15, -0.1) is 0 Å². The summed E-state index contributed by atoms with van der Waals surface area (Å²) in [5.74, 6) is 0. The summed E-state index contributed by atoms with van der Waals surface area (Å²) >= 11 is 0. The molecule has 3 nitrogen and oxygen atoms in total. The zero-order chi connectivity index (χ0) is 12.2. The van der Waals surface area contributed by atoms with E-state index in [-0.39, 0.29) is 25.4 Å². The molecular weight excluding hydrogens is 221 g/mol. The molecule has 96 valence electrons. The molecule has 0 aromatic rings. The Labute approximate surface area is 93.5 Å². The Morgan fingerprint density at radius 2 is 2.06 bits per heavy atom. The molecule has 1 saturated carbocycles. The molecule has 0 saturated heterocycles. The fraction of sp³-hybridized carbons (Fsp3) is 1.00. The third-order valence-electron chi connectivity index (χ3n) is 2.92. The molecule has 0 aromatic carbocycles. The van der Waals surface area contributed by atoms with Crippen LogP contribution in [-0.4, -0.2) is 38.0 Å². The molecule has 1 fully saturated rings. The molecule has 1 unspecified atom stereocenters. The van der Waals surface area contributed by atoms with Crippen LogP contribution in [0.15, 0.2) is 0 Å². The van der Waals surface area contributed by atoms with Gasteiger partial charge in [0, 0.05) is 26.3 Å². The van der Waals surface area contributed by atoms with Gasteiger partial charge in [-0.25, -0.2) is 0 Å². The van der Waals surface area contributed by atoms with E-state index >= 15 is 0 Å². The van der Waals surface area contributed by atoms with Crippen molar-refractivity contribution in [2.24, 2.45) is 5.73 Å². The van der Waals surface area contributed by atoms with Gasteiger partial charge in [0.1, 0.15) is 5.54 Å². The minimum Gasteiger partial charge on any atom is -0.385 e. The fourth-order valence-corrected chi connectivity index (χ4v) is 1.60. The van der Waals surface area contributed by atoms with Crippen molar-refractivity contribution in [3.63, 3.8) is 0 Å². The third-order valence-corrected chi connectivity index (χ3v) is 2.92. The summed E-state index contributed by atoms with van der Waals surface area (Å²) < 4.78 is 42.4. The molecule has 1 atom stereocenters. The second-order valence-corrected chi connectivity index (χ2v) is 4.36. The molecule has 1 aliphatic carbocycles. The van der Waals surface area contributed by atoms with E-state index in [9.17, 15) is 13.2 Å². The van der Waals surface area contributed by atoms with Crippen LogP contribution in [0.5, 0.6) is 0 Å². The standard InChI is InChI=1S/C10H19F3N2O/c1-16-6-2-3-8(14)7-15-9(4-5-9)10(11,12)13/h8,15H,2-7,14H2,1H3. The zero-order valence-corrected chi connectivity index (χ0v) is 9.44. The van der Waals surface area contributed by atoms with Crippen LogP contribution in [-0.2, 0) is 4.74 Å². The van der Waals surface area contributed by atoms with Crippen molar-refractivity contribution < 1.29 is 17.9 Å². The Morgan fingerprint density at radius 1 is 1.44 bits per heavy atom. The Hall–Kier alpha value is -0.330. The SMILES string of the molecule is COCCCC(N)CNC1(C(F)(F)F)CC1. The van der Waals surface area contributed by atoms with Crippen molar-refractivity contribution in [1.29, 1.82) is 0 Å². The number of nitrogens with two attached hydrogens (primary N) is 1. The van der Waals surface area contributed by atoms with Gasteiger partial charge in [-0.1, -0.05) is 0 Å². The van der Waals surface area contributed by atoms with Crippen LogP contribution in [0.25, 0.3) is 0 Å². The first-order valence-corrected chi connectivity index (χ1v) is 5.47. The van der Waals surface area contributed by atoms with Gasteiger partial charge in [0.25, 0.3) is 0 Å². The molecule has 0 heterocycles. The van der Waals surface area contributed by atoms with Gasteiger partial charge in [0.05, 0.1) is 0 Å². The van der Waals surface area contributed by atoms with E-state index in [0.717, 1.165) is 6.42 Å². The number of halogens is 3. The fourth-order valence-electron chi connectivity index (χ4n) is 1.60. The van der Waals surface area contributed by atoms with Crippen molar-refractivity contribution >= 4 is 0 Å². The largest absolute Gasteiger partial charge is 0.406 e. The highest BCUT2D eigenvalue weighted by atomic mass is 19.4. The summed E-state index contributed by atoms with van der Waals surface area (Å²) in [6, 6.07) is -0.241. The van der Waals surface area contributed by atoms with Crippen molar-refractivity contribution in [3.05, 3.63) is 0 Å². The van der Waals surface area contributed by atoms with Crippen LogP contribution >= 0.6 is 0 Å². The maximum atomic E-state index is 12.5. The van der Waals surface area contributed by atoms with Crippen LogP contribution < -0.4 is 11.1 Å². The molecule has 0 bridgehead atoms. The maximum absolute atomic E-state index is 12.5. The van der Waals surface area contributed by atoms with Gasteiger partial charge in [-0.05, 0) is 25.7 Å². The highest BCUT2D eigenvalue weighted by Crippen LogP contribution is 2.48. The van der Waals surface area contributed by atoms with E-state index in [1.165, 1.54) is 0 Å². The molecule has 0 aliphatic heterocycles. The lowest BCUT2D eigenvalue weighted by Crippen LogP contribution is -2.49. The summed E-state index contributed by atoms with van der Waals surface area (Å²) in [7, 11) is 1.59. The molecule has 1 rings (SSSR count). The Balaban J connectivity index is 2.19. The molecule has 3 N–H and O–H groups in total. The number of nitrogens with one attached hydrogen (secondary N) is 1. The lowest BCUT2D eigenvalue weighted by Gasteiger charge is -2.22. The molecule has 6 heteroatoms. The van der Waals surface area contributed by atoms with Crippen LogP contribution in [0.2, 0.25) is 0 Å². The Bertz CT molecular complexity index is 217. The summed E-state index contributed by atoms with van der Waals surface area (Å²) in [5, 5.41) is 2.55. The maximum Gasteiger partial charge on any atom is 0.406 e. The van der Waals surface area contributed by atoms with E-state index in [2.05, 4.69) is 5.32 Å². The van der Waals surface area contributed by atoms with Crippen molar-refractivity contribution in [2.45, 2.75) is 43.4 Å². The first-order chi connectivity index (χ1) is 7.41. The number of alkyl halides is 3. The third kappa shape index (κ3) is 3.61. The normalized spacial score (nSPS) is 20.8. The van der Waals surface area contributed by atoms with E-state index in [1.54, 1.807) is 7.11 Å². The van der Waals surface area contributed by atoms with Crippen molar-refractivity contribution in [3.8, 4) is 0 Å². The van der Waals surface area contributed by atoms with Gasteiger partial charge in [-0.3, -0.25) is 0 Å². The van der Waals surface area contributed by atoms with Gasteiger partial charge in [0.2, 0.25) is 0 Å². The molecule has 0 aromatic heterocycles. The van der Waals surface area contributed by atoms with Crippen LogP contribution in [0.4, 0.5) is 13.2 Å². The number of hydrogen-bond acceptors (Lipinski definition) is 3. The summed E-state index contributed by atoms with van der Waals surface area (Å²) in [6.45, 7) is 0.807. The summed E-state index contributed by atoms with van der Waals surface area (Å²) in [6.07, 6.45) is -2.37. The van der Waals surface area contributed by atoms with Gasteiger partial charge >= 0.3 is 6.18 Å². The Morgan fingerprint density at radius 3 is 2.50 bits per heavy atom. The predicted molar refractivity (Wildman–Crippen MR) is 55.1 cm³/mol. The van der Waals surface area contributed by atoms with Gasteiger partial charge < -0.3 is 15.8 Å². The number of hydrogen-bond donors (Lipinski definition) is 2. The number of ether oxygens (including phenoxy) is 1. The predicted octanol–water partition coefficient (Wildman–Crippen LogP) is 1.42. The Kier molecular flexibility index (Phi) is 4.58. The lowest BCUT2D eigenvalue weighted by atomic mass is 10.1. The molecule has 0 amide bonds. The van der Waals surface area contributed by atoms with Crippen LogP contribution in [0.3, 0.4) is 0 Å². The molecular formula is C10H19F3N2O. The average molecular weight is 240 g/mol. The van der Waals surface area contributed by atoms with E-state index in [4.69, 9.17) is 10.5 Å². The van der Waals surface area contributed by atoms with E-state index < -0.39 is 11.7 Å². The average Bonchev–Trinajstić information content (AvgIpc) is 2.95. The van der Waals surface area contributed by atoms with E-state index in [0.29, 0.717) is 13.0 Å². The number of rotatable bonds is 7. The van der Waals surface area contributed by atoms with Crippen molar-refractivity contribution in [1.82, 2.24) is 5.32 Å². The molecule has 0 spiro atoms. The first kappa shape index (κ1) is 13.7. The quantitative estimate of drug-likeness (QED) is 0.662. The summed E-state index contributed by atoms with van der Waals surface area (Å²) in [5.41, 5.74) is 4.06. The minimum absolute atomic E-state index is 0.168. The smallest absolute Gasteiger partial charge is 0.385 e. The van der Waals surface area contributed by atoms with Crippen LogP contribution in [0, 0.1) is 0 Å². The van der Waals surface area contributed by atoms with Gasteiger partial charge in [-0.2, -0.15) is 13.2 Å². The highest BCUT2D eigenvalue weighted by molar-refractivity contribution is 5.08. The second kappa shape index (κ2) is 5.33.